The molecule has 0 atom stereocenters. The molecule has 32 heteroatoms. The topological polar surface area (TPSA) is 226 Å². The van der Waals surface area contributed by atoms with Crippen LogP contribution >= 0.6 is 80.9 Å². The second-order valence-corrected chi connectivity index (χ2v) is 25.3. The van der Waals surface area contributed by atoms with Crippen LogP contribution in [0.3, 0.4) is 0 Å². The minimum Gasteiger partial charge on any atom is -0.480 e. The van der Waals surface area contributed by atoms with Crippen molar-refractivity contribution in [2.45, 2.75) is 19.6 Å². The zero-order chi connectivity index (χ0) is 55.3. The summed E-state index contributed by atoms with van der Waals surface area (Å²) in [5.41, 5.74) is -1.03. The van der Waals surface area contributed by atoms with Gasteiger partial charge in [0.25, 0.3) is 30.1 Å². The molecule has 9 aromatic rings. The summed E-state index contributed by atoms with van der Waals surface area (Å²) in [5, 5.41) is 1.13. The van der Waals surface area contributed by atoms with E-state index in [1.807, 2.05) is 9.44 Å². The van der Waals surface area contributed by atoms with E-state index in [2.05, 4.69) is 19.7 Å². The van der Waals surface area contributed by atoms with Crippen LogP contribution in [0.25, 0.3) is 31.9 Å². The summed E-state index contributed by atoms with van der Waals surface area (Å²) in [6, 6.07) is 12.9. The van der Waals surface area contributed by atoms with E-state index in [-0.39, 0.29) is 62.3 Å². The van der Waals surface area contributed by atoms with Crippen LogP contribution in [-0.4, -0.2) is 62.0 Å². The second-order valence-electron chi connectivity index (χ2n) is 15.0. The first-order valence-electron chi connectivity index (χ1n) is 19.8. The van der Waals surface area contributed by atoms with Crippen LogP contribution in [0, 0.1) is 34.9 Å². The molecular weight excluding hydrogens is 1230 g/mol. The molecule has 9 rings (SSSR count). The molecule has 0 aliphatic rings. The van der Waals surface area contributed by atoms with E-state index in [1.54, 1.807) is 18.2 Å². The lowest BCUT2D eigenvalue weighted by atomic mass is 10.2. The number of sulfone groups is 1. The monoisotopic (exact) mass is 1250 g/mol. The third kappa shape index (κ3) is 12.4. The molecule has 4 heterocycles. The van der Waals surface area contributed by atoms with E-state index in [1.165, 1.54) is 42.0 Å². The molecule has 0 saturated carbocycles. The summed E-state index contributed by atoms with van der Waals surface area (Å²) in [6.07, 6.45) is 3.04. The second kappa shape index (κ2) is 21.9. The minimum atomic E-state index is -4.39. The number of H-pyrrole nitrogens is 2. The van der Waals surface area contributed by atoms with Crippen LogP contribution in [0.15, 0.2) is 110 Å². The third-order valence-corrected chi connectivity index (χ3v) is 18.2. The molecule has 5 N–H and O–H groups in total. The fourth-order valence-corrected chi connectivity index (χ4v) is 14.1. The molecule has 0 aliphatic carbocycles. The van der Waals surface area contributed by atoms with Crippen molar-refractivity contribution in [1.82, 2.24) is 15.0 Å². The van der Waals surface area contributed by atoms with Gasteiger partial charge in [-0.25, -0.2) is 60.0 Å². The Morgan fingerprint density at radius 2 is 1.04 bits per heavy atom. The fourth-order valence-electron chi connectivity index (χ4n) is 6.65. The number of sulfonamides is 3. The number of thiophene rings is 1. The maximum atomic E-state index is 14.0. The first-order valence-corrected chi connectivity index (χ1v) is 29.3. The number of benzene rings is 5. The van der Waals surface area contributed by atoms with Crippen molar-refractivity contribution < 1.29 is 64.8 Å². The Kier molecular flexibility index (Phi) is 16.8. The van der Waals surface area contributed by atoms with E-state index >= 15 is 0 Å². The van der Waals surface area contributed by atoms with Gasteiger partial charge in [-0.2, -0.15) is 4.98 Å². The van der Waals surface area contributed by atoms with Gasteiger partial charge in [-0.05, 0) is 48.5 Å². The van der Waals surface area contributed by atoms with Crippen LogP contribution in [-0.2, 0) is 39.9 Å². The number of halogens is 12. The summed E-state index contributed by atoms with van der Waals surface area (Å²) < 4.78 is 193. The van der Waals surface area contributed by atoms with Crippen LogP contribution in [0.2, 0.25) is 30.1 Å². The molecule has 0 spiro atoms. The van der Waals surface area contributed by atoms with Crippen molar-refractivity contribution in [3.05, 3.63) is 156 Å². The molecule has 0 unspecified atom stereocenters. The summed E-state index contributed by atoms with van der Waals surface area (Å²) in [4.78, 5) is 7.95. The first kappa shape index (κ1) is 57.3. The quantitative estimate of drug-likeness (QED) is 0.0608. The first-order chi connectivity index (χ1) is 34.9. The highest BCUT2D eigenvalue weighted by Gasteiger charge is 2.27. The predicted octanol–water partition coefficient (Wildman–Crippen LogP) is 13.2. The largest absolute Gasteiger partial charge is 0.480 e. The van der Waals surface area contributed by atoms with Crippen molar-refractivity contribution in [2.24, 2.45) is 0 Å². The lowest BCUT2D eigenvalue weighted by molar-refractivity contribution is 0.397. The van der Waals surface area contributed by atoms with Gasteiger partial charge in [0.15, 0.2) is 21.5 Å². The van der Waals surface area contributed by atoms with Gasteiger partial charge in [0, 0.05) is 73.6 Å². The van der Waals surface area contributed by atoms with Crippen LogP contribution < -0.4 is 18.9 Å². The van der Waals surface area contributed by atoms with Crippen molar-refractivity contribution in [3.63, 3.8) is 0 Å². The maximum absolute atomic E-state index is 14.0. The van der Waals surface area contributed by atoms with Gasteiger partial charge in [0.05, 0.1) is 44.1 Å². The van der Waals surface area contributed by atoms with Crippen LogP contribution in [0.5, 0.6) is 5.88 Å². The number of anilines is 3. The highest BCUT2D eigenvalue weighted by molar-refractivity contribution is 7.93. The molecule has 5 aromatic carbocycles. The smallest absolute Gasteiger partial charge is 0.264 e. The summed E-state index contributed by atoms with van der Waals surface area (Å²) in [6.45, 7) is 0. The van der Waals surface area contributed by atoms with Gasteiger partial charge < -0.3 is 14.7 Å². The average molecular weight is 1260 g/mol. The van der Waals surface area contributed by atoms with Crippen molar-refractivity contribution >= 4 is 170 Å². The minimum absolute atomic E-state index is 0.00860. The summed E-state index contributed by atoms with van der Waals surface area (Å²) in [7, 11) is -15.2. The zero-order valence-corrected chi connectivity index (χ0v) is 45.5. The predicted molar refractivity (Wildman–Crippen MR) is 277 cm³/mol. The Balaban J connectivity index is 0.000000164. The standard InChI is InChI=1S/C15H10Cl2F2N2O4S2.C14H7Cl2F3N2O2S.C14H9Cl2FN2O3S2/c1-26(22,23)15-8(16)3-2-7-13(6-20-14(7)15)27(24,25)21-12-5-10(18)9(17)4-11(12)19;15-7-2-11(19)13(4-10(7)18)21-24(22,23)14-5-20-12-3-8(16)9(17)1-6(12)14;1-22-14-9(16)5-10(17)13(18-14)19-24(20,21)12-6-23-11-4-7(15)2-3-8(11)12/h2-6,20-21H,1H3;1-5,20-21H;2-6H,1H3,(H,18,19). The lowest BCUT2D eigenvalue weighted by Crippen LogP contribution is -2.15. The molecule has 0 radical (unpaired) electrons. The number of aromatic amines is 2. The molecule has 0 fully saturated rings. The zero-order valence-electron chi connectivity index (χ0n) is 36.9. The number of ether oxygens (including phenoxy) is 1. The molecule has 0 amide bonds. The summed E-state index contributed by atoms with van der Waals surface area (Å²) >= 11 is 35.3. The van der Waals surface area contributed by atoms with Gasteiger partial charge in [-0.3, -0.25) is 14.2 Å². The number of hydrogen-bond donors (Lipinski definition) is 5. The number of hydrogen-bond acceptors (Lipinski definition) is 11. The molecule has 396 valence electrons. The Morgan fingerprint density at radius 1 is 0.533 bits per heavy atom. The number of nitrogens with zero attached hydrogens (tertiary/aromatic N) is 1. The van der Waals surface area contributed by atoms with E-state index < -0.39 is 102 Å². The van der Waals surface area contributed by atoms with Crippen LogP contribution in [0.4, 0.5) is 43.5 Å². The van der Waals surface area contributed by atoms with Gasteiger partial charge in [0.2, 0.25) is 5.88 Å². The molecule has 15 nitrogen and oxygen atoms in total. The fraction of sp³-hybridized carbons (Fsp3) is 0.0465. The van der Waals surface area contributed by atoms with E-state index in [9.17, 15) is 60.0 Å². The number of methoxy groups -OCH3 is 1. The third-order valence-electron chi connectivity index (χ3n) is 9.98. The number of aromatic nitrogens is 3. The summed E-state index contributed by atoms with van der Waals surface area (Å²) in [5.74, 6) is -6.45. The van der Waals surface area contributed by atoms with E-state index in [4.69, 9.17) is 74.3 Å². The van der Waals surface area contributed by atoms with Crippen molar-refractivity contribution in [2.75, 3.05) is 27.5 Å². The highest BCUT2D eigenvalue weighted by Crippen LogP contribution is 2.37. The lowest BCUT2D eigenvalue weighted by Gasteiger charge is -2.10. The average Bonchev–Trinajstić information content (AvgIpc) is 4.06. The van der Waals surface area contributed by atoms with Gasteiger partial charge in [0.1, 0.15) is 53.7 Å². The normalized spacial score (nSPS) is 12.0. The van der Waals surface area contributed by atoms with Crippen molar-refractivity contribution in [3.8, 4) is 5.88 Å². The molecule has 0 bridgehead atoms. The Hall–Kier alpha value is -5.39. The Morgan fingerprint density at radius 3 is 1.61 bits per heavy atom. The number of rotatable bonds is 11. The van der Waals surface area contributed by atoms with Gasteiger partial charge >= 0.3 is 0 Å². The number of fused-ring (bicyclic) bond motifs is 3. The Labute approximate surface area is 454 Å². The van der Waals surface area contributed by atoms with Gasteiger partial charge in [-0.15, -0.1) is 11.3 Å². The molecule has 75 heavy (non-hydrogen) atoms. The maximum Gasteiger partial charge on any atom is 0.264 e. The molecule has 4 aromatic heterocycles. The van der Waals surface area contributed by atoms with Gasteiger partial charge in [-0.1, -0.05) is 75.7 Å². The number of nitrogens with one attached hydrogen (secondary N) is 5. The molecule has 0 saturated heterocycles. The Bertz CT molecular complexity index is 4250. The highest BCUT2D eigenvalue weighted by atomic mass is 35.5. The van der Waals surface area contributed by atoms with E-state index in [0.29, 0.717) is 39.4 Å². The molecule has 0 aliphatic heterocycles. The van der Waals surface area contributed by atoms with E-state index in [0.717, 1.165) is 30.8 Å². The van der Waals surface area contributed by atoms with Crippen molar-refractivity contribution in [1.29, 1.82) is 0 Å². The SMILES string of the molecule is COc1nc(NS(=O)(=O)c2csc3cc(Cl)ccc23)c(F)cc1Cl.CS(=O)(=O)c1c(Cl)ccc2c(S(=O)(=O)Nc3cc(F)c(Cl)cc3F)c[nH]c12.O=S(=O)(Nc1cc(F)c(Cl)cc1F)c1c[nH]c2cc(Cl)c(F)cc12. The molecular formula is C43H26Cl6F6N6O9S5. The van der Waals surface area contributed by atoms with Crippen LogP contribution in [0.1, 0.15) is 0 Å². The number of pyridine rings is 1.